The van der Waals surface area contributed by atoms with Crippen LogP contribution in [0, 0.1) is 5.92 Å². The number of aromatic nitrogens is 2. The molecule has 0 bridgehead atoms. The van der Waals surface area contributed by atoms with Crippen molar-refractivity contribution in [2.45, 2.75) is 38.3 Å². The average Bonchev–Trinajstić information content (AvgIpc) is 2.59. The summed E-state index contributed by atoms with van der Waals surface area (Å²) in [6.45, 7) is 0.448. The lowest BCUT2D eigenvalue weighted by Gasteiger charge is -2.27. The van der Waals surface area contributed by atoms with Gasteiger partial charge in [-0.2, -0.15) is 5.10 Å². The number of carbonyl (C=O) groups is 1. The highest BCUT2D eigenvalue weighted by Gasteiger charge is 2.25. The second kappa shape index (κ2) is 7.29. The summed E-state index contributed by atoms with van der Waals surface area (Å²) < 4.78 is 1.43. The standard InChI is InChI=1S/C18H21N3O3/c22-17-10-16(20-15-8-6-14(7-9-15)18(23)24)11-19-21(17)12-13-4-2-1-3-5-13/h1-5,10-11,14-15,20H,6-9,12H2,(H,23,24). The molecule has 1 aromatic heterocycles. The zero-order chi connectivity index (χ0) is 16.9. The number of aliphatic carboxylic acids is 1. The van der Waals surface area contributed by atoms with E-state index in [1.54, 1.807) is 12.3 Å². The molecule has 1 aromatic carbocycles. The van der Waals surface area contributed by atoms with Crippen molar-refractivity contribution in [1.29, 1.82) is 0 Å². The van der Waals surface area contributed by atoms with E-state index in [1.165, 1.54) is 4.68 Å². The van der Waals surface area contributed by atoms with Gasteiger partial charge in [0.05, 0.1) is 24.3 Å². The minimum atomic E-state index is -0.710. The van der Waals surface area contributed by atoms with Gasteiger partial charge >= 0.3 is 5.97 Å². The summed E-state index contributed by atoms with van der Waals surface area (Å²) in [5.74, 6) is -0.946. The topological polar surface area (TPSA) is 84.2 Å². The van der Waals surface area contributed by atoms with Crippen molar-refractivity contribution < 1.29 is 9.90 Å². The Hall–Kier alpha value is -2.63. The monoisotopic (exact) mass is 327 g/mol. The van der Waals surface area contributed by atoms with E-state index < -0.39 is 5.97 Å². The highest BCUT2D eigenvalue weighted by Crippen LogP contribution is 2.26. The van der Waals surface area contributed by atoms with E-state index in [9.17, 15) is 9.59 Å². The van der Waals surface area contributed by atoms with E-state index in [0.29, 0.717) is 25.1 Å². The molecule has 6 nitrogen and oxygen atoms in total. The smallest absolute Gasteiger partial charge is 0.306 e. The second-order valence-corrected chi connectivity index (χ2v) is 6.26. The van der Waals surface area contributed by atoms with Crippen molar-refractivity contribution >= 4 is 11.7 Å². The van der Waals surface area contributed by atoms with E-state index in [0.717, 1.165) is 18.4 Å². The minimum Gasteiger partial charge on any atom is -0.481 e. The normalized spacial score (nSPS) is 20.5. The van der Waals surface area contributed by atoms with Gasteiger partial charge in [0.15, 0.2) is 0 Å². The number of rotatable bonds is 5. The summed E-state index contributed by atoms with van der Waals surface area (Å²) in [7, 11) is 0. The van der Waals surface area contributed by atoms with Crippen LogP contribution in [0.25, 0.3) is 0 Å². The SMILES string of the molecule is O=C(O)C1CCC(Nc2cnn(Cc3ccccc3)c(=O)c2)CC1. The van der Waals surface area contributed by atoms with Gasteiger partial charge in [-0.25, -0.2) is 4.68 Å². The molecule has 1 heterocycles. The Bertz CT molecular complexity index is 750. The molecule has 0 atom stereocenters. The van der Waals surface area contributed by atoms with Crippen LogP contribution in [-0.4, -0.2) is 26.9 Å². The maximum Gasteiger partial charge on any atom is 0.306 e. The first-order valence-corrected chi connectivity index (χ1v) is 8.22. The first-order chi connectivity index (χ1) is 11.6. The van der Waals surface area contributed by atoms with Gasteiger partial charge in [-0.1, -0.05) is 30.3 Å². The third kappa shape index (κ3) is 4.01. The summed E-state index contributed by atoms with van der Waals surface area (Å²) in [5, 5.41) is 16.6. The molecule has 1 fully saturated rings. The minimum absolute atomic E-state index is 0.150. The van der Waals surface area contributed by atoms with Gasteiger partial charge in [-0.05, 0) is 31.2 Å². The van der Waals surface area contributed by atoms with Gasteiger partial charge in [0.25, 0.3) is 5.56 Å². The van der Waals surface area contributed by atoms with Crippen LogP contribution in [-0.2, 0) is 11.3 Å². The zero-order valence-corrected chi connectivity index (χ0v) is 13.4. The van der Waals surface area contributed by atoms with Crippen LogP contribution in [0.15, 0.2) is 47.4 Å². The van der Waals surface area contributed by atoms with Crippen LogP contribution in [0.1, 0.15) is 31.2 Å². The van der Waals surface area contributed by atoms with E-state index in [-0.39, 0.29) is 17.5 Å². The molecule has 1 aliphatic rings. The van der Waals surface area contributed by atoms with Crippen molar-refractivity contribution in [3.8, 4) is 0 Å². The molecule has 3 rings (SSSR count). The molecule has 0 aliphatic heterocycles. The number of nitrogens with one attached hydrogen (secondary N) is 1. The molecular formula is C18H21N3O3. The third-order valence-electron chi connectivity index (χ3n) is 4.49. The molecule has 2 N–H and O–H groups in total. The highest BCUT2D eigenvalue weighted by atomic mass is 16.4. The van der Waals surface area contributed by atoms with Crippen LogP contribution in [0.4, 0.5) is 5.69 Å². The maximum absolute atomic E-state index is 12.2. The predicted molar refractivity (Wildman–Crippen MR) is 91.0 cm³/mol. The number of benzene rings is 1. The average molecular weight is 327 g/mol. The van der Waals surface area contributed by atoms with E-state index in [1.807, 2.05) is 30.3 Å². The first kappa shape index (κ1) is 16.2. The van der Waals surface area contributed by atoms with Gasteiger partial charge in [-0.15, -0.1) is 0 Å². The van der Waals surface area contributed by atoms with Gasteiger partial charge in [0.2, 0.25) is 0 Å². The maximum atomic E-state index is 12.2. The van der Waals surface area contributed by atoms with Crippen LogP contribution >= 0.6 is 0 Å². The summed E-state index contributed by atoms with van der Waals surface area (Å²) >= 11 is 0. The molecule has 126 valence electrons. The molecule has 0 spiro atoms. The molecule has 6 heteroatoms. The summed E-state index contributed by atoms with van der Waals surface area (Å²) in [4.78, 5) is 23.2. The number of nitrogens with zero attached hydrogens (tertiary/aromatic N) is 2. The Balaban J connectivity index is 1.61. The Morgan fingerprint density at radius 3 is 2.54 bits per heavy atom. The third-order valence-corrected chi connectivity index (χ3v) is 4.49. The van der Waals surface area contributed by atoms with Crippen molar-refractivity contribution in [3.05, 3.63) is 58.5 Å². The van der Waals surface area contributed by atoms with E-state index >= 15 is 0 Å². The lowest BCUT2D eigenvalue weighted by atomic mass is 9.86. The lowest BCUT2D eigenvalue weighted by Crippen LogP contribution is -2.30. The van der Waals surface area contributed by atoms with Gasteiger partial charge in [-0.3, -0.25) is 9.59 Å². The molecular weight excluding hydrogens is 306 g/mol. The predicted octanol–water partition coefficient (Wildman–Crippen LogP) is 2.35. The van der Waals surface area contributed by atoms with Crippen LogP contribution in [0.2, 0.25) is 0 Å². The van der Waals surface area contributed by atoms with Crippen LogP contribution in [0.5, 0.6) is 0 Å². The zero-order valence-electron chi connectivity index (χ0n) is 13.4. The lowest BCUT2D eigenvalue weighted by molar-refractivity contribution is -0.142. The Morgan fingerprint density at radius 1 is 1.21 bits per heavy atom. The molecule has 0 radical (unpaired) electrons. The highest BCUT2D eigenvalue weighted by molar-refractivity contribution is 5.70. The van der Waals surface area contributed by atoms with E-state index in [4.69, 9.17) is 5.11 Å². The fourth-order valence-electron chi connectivity index (χ4n) is 3.11. The fourth-order valence-corrected chi connectivity index (χ4v) is 3.11. The number of hydrogen-bond donors (Lipinski definition) is 2. The molecule has 2 aromatic rings. The summed E-state index contributed by atoms with van der Waals surface area (Å²) in [6, 6.07) is 11.5. The fraction of sp³-hybridized carbons (Fsp3) is 0.389. The summed E-state index contributed by atoms with van der Waals surface area (Å²) in [5.41, 5.74) is 1.57. The van der Waals surface area contributed by atoms with Gasteiger partial charge in [0.1, 0.15) is 0 Å². The molecule has 0 amide bonds. The van der Waals surface area contributed by atoms with Crippen molar-refractivity contribution in [1.82, 2.24) is 9.78 Å². The van der Waals surface area contributed by atoms with Crippen molar-refractivity contribution in [2.75, 3.05) is 5.32 Å². The first-order valence-electron chi connectivity index (χ1n) is 8.22. The number of hydrogen-bond acceptors (Lipinski definition) is 4. The number of carboxylic acids is 1. The largest absolute Gasteiger partial charge is 0.481 e. The van der Waals surface area contributed by atoms with Crippen LogP contribution in [0.3, 0.4) is 0 Å². The second-order valence-electron chi connectivity index (χ2n) is 6.26. The van der Waals surface area contributed by atoms with Gasteiger partial charge < -0.3 is 10.4 Å². The Morgan fingerprint density at radius 2 is 1.92 bits per heavy atom. The number of carboxylic acid groups (broad SMARTS) is 1. The van der Waals surface area contributed by atoms with Crippen LogP contribution < -0.4 is 10.9 Å². The summed E-state index contributed by atoms with van der Waals surface area (Å²) in [6.07, 6.45) is 4.60. The Labute approximate surface area is 140 Å². The molecule has 24 heavy (non-hydrogen) atoms. The molecule has 1 aliphatic carbocycles. The molecule has 1 saturated carbocycles. The quantitative estimate of drug-likeness (QED) is 0.880. The van der Waals surface area contributed by atoms with Gasteiger partial charge in [0, 0.05) is 12.1 Å². The molecule has 0 unspecified atom stereocenters. The van der Waals surface area contributed by atoms with E-state index in [2.05, 4.69) is 10.4 Å². The van der Waals surface area contributed by atoms with Crippen molar-refractivity contribution in [3.63, 3.8) is 0 Å². The number of anilines is 1. The molecule has 0 saturated heterocycles. The van der Waals surface area contributed by atoms with Crippen molar-refractivity contribution in [2.24, 2.45) is 5.92 Å². The Kier molecular flexibility index (Phi) is 4.93.